The zero-order chi connectivity index (χ0) is 20.9. The van der Waals surface area contributed by atoms with Crippen LogP contribution in [0.4, 0.5) is 10.8 Å². The van der Waals surface area contributed by atoms with Crippen LogP contribution in [-0.2, 0) is 10.5 Å². The lowest BCUT2D eigenvalue weighted by molar-refractivity contribution is -0.123. The fourth-order valence-electron chi connectivity index (χ4n) is 2.26. The number of anilines is 2. The summed E-state index contributed by atoms with van der Waals surface area (Å²) in [5.41, 5.74) is 1.70. The third-order valence-electron chi connectivity index (χ3n) is 3.90. The number of benzene rings is 2. The molecule has 2 N–H and O–H groups in total. The van der Waals surface area contributed by atoms with Gasteiger partial charge in [0, 0.05) is 22.4 Å². The van der Waals surface area contributed by atoms with Gasteiger partial charge in [0.05, 0.1) is 0 Å². The summed E-state index contributed by atoms with van der Waals surface area (Å²) >= 11 is 2.91. The SMILES string of the molecule is CC(C)(C)C(=O)Nc1cccc(C(=O)Nc2nnc(SCc3ccccc3)s2)c1. The monoisotopic (exact) mass is 426 g/mol. The topological polar surface area (TPSA) is 84.0 Å². The van der Waals surface area contributed by atoms with E-state index in [1.165, 1.54) is 16.9 Å². The molecule has 0 aliphatic rings. The van der Waals surface area contributed by atoms with E-state index in [2.05, 4.69) is 33.0 Å². The average Bonchev–Trinajstić information content (AvgIpc) is 3.14. The molecule has 29 heavy (non-hydrogen) atoms. The molecule has 0 spiro atoms. The van der Waals surface area contributed by atoms with Gasteiger partial charge in [0.2, 0.25) is 11.0 Å². The van der Waals surface area contributed by atoms with Crippen molar-refractivity contribution < 1.29 is 9.59 Å². The van der Waals surface area contributed by atoms with Gasteiger partial charge in [0.25, 0.3) is 5.91 Å². The van der Waals surface area contributed by atoms with Crippen LogP contribution >= 0.6 is 23.1 Å². The molecule has 3 rings (SSSR count). The molecule has 2 aromatic carbocycles. The van der Waals surface area contributed by atoms with E-state index < -0.39 is 5.41 Å². The smallest absolute Gasteiger partial charge is 0.257 e. The van der Waals surface area contributed by atoms with Gasteiger partial charge < -0.3 is 5.32 Å². The first-order chi connectivity index (χ1) is 13.8. The number of thioether (sulfide) groups is 1. The van der Waals surface area contributed by atoms with E-state index in [0.29, 0.717) is 16.4 Å². The molecule has 0 saturated heterocycles. The average molecular weight is 427 g/mol. The molecule has 3 aromatic rings. The van der Waals surface area contributed by atoms with Crippen LogP contribution in [0.2, 0.25) is 0 Å². The highest BCUT2D eigenvalue weighted by Gasteiger charge is 2.21. The van der Waals surface area contributed by atoms with Crippen molar-refractivity contribution in [1.82, 2.24) is 10.2 Å². The Labute approximate surface area is 178 Å². The molecule has 8 heteroatoms. The summed E-state index contributed by atoms with van der Waals surface area (Å²) in [5.74, 6) is 0.380. The second-order valence-electron chi connectivity index (χ2n) is 7.39. The van der Waals surface area contributed by atoms with Crippen molar-refractivity contribution in [1.29, 1.82) is 0 Å². The van der Waals surface area contributed by atoms with Gasteiger partial charge in [0.15, 0.2) is 4.34 Å². The fourth-order valence-corrected chi connectivity index (χ4v) is 3.97. The Morgan fingerprint density at radius 3 is 2.48 bits per heavy atom. The molecule has 1 aromatic heterocycles. The van der Waals surface area contributed by atoms with Gasteiger partial charge in [-0.05, 0) is 23.8 Å². The number of carbonyl (C=O) groups excluding carboxylic acids is 2. The third kappa shape index (κ3) is 6.13. The Morgan fingerprint density at radius 1 is 1.00 bits per heavy atom. The zero-order valence-electron chi connectivity index (χ0n) is 16.4. The van der Waals surface area contributed by atoms with Gasteiger partial charge in [-0.15, -0.1) is 10.2 Å². The number of amides is 2. The van der Waals surface area contributed by atoms with E-state index in [-0.39, 0.29) is 11.8 Å². The zero-order valence-corrected chi connectivity index (χ0v) is 18.1. The fraction of sp³-hybridized carbons (Fsp3) is 0.238. The molecule has 150 valence electrons. The number of aromatic nitrogens is 2. The molecule has 1 heterocycles. The number of nitrogens with zero attached hydrogens (tertiary/aromatic N) is 2. The molecule has 0 aliphatic heterocycles. The van der Waals surface area contributed by atoms with E-state index in [1.54, 1.807) is 36.0 Å². The van der Waals surface area contributed by atoms with E-state index in [4.69, 9.17) is 0 Å². The predicted octanol–water partition coefficient (Wildman–Crippen LogP) is 5.07. The van der Waals surface area contributed by atoms with E-state index >= 15 is 0 Å². The van der Waals surface area contributed by atoms with Gasteiger partial charge in [-0.2, -0.15) is 0 Å². The van der Waals surface area contributed by atoms with Crippen LogP contribution in [0.1, 0.15) is 36.7 Å². The first-order valence-electron chi connectivity index (χ1n) is 9.04. The number of carbonyl (C=O) groups is 2. The number of rotatable bonds is 6. The quantitative estimate of drug-likeness (QED) is 0.425. The summed E-state index contributed by atoms with van der Waals surface area (Å²) < 4.78 is 0.787. The first kappa shape index (κ1) is 21.0. The van der Waals surface area contributed by atoms with Crippen molar-refractivity contribution in [3.8, 4) is 0 Å². The van der Waals surface area contributed by atoms with Crippen LogP contribution in [0.25, 0.3) is 0 Å². The highest BCUT2D eigenvalue weighted by Crippen LogP contribution is 2.28. The Kier molecular flexibility index (Phi) is 6.66. The summed E-state index contributed by atoms with van der Waals surface area (Å²) in [7, 11) is 0. The van der Waals surface area contributed by atoms with Crippen molar-refractivity contribution in [2.45, 2.75) is 30.9 Å². The van der Waals surface area contributed by atoms with Crippen LogP contribution in [0.15, 0.2) is 58.9 Å². The van der Waals surface area contributed by atoms with E-state index in [1.807, 2.05) is 39.0 Å². The molecule has 0 aliphatic carbocycles. The number of nitrogens with one attached hydrogen (secondary N) is 2. The lowest BCUT2D eigenvalue weighted by atomic mass is 9.95. The second kappa shape index (κ2) is 9.19. The lowest BCUT2D eigenvalue weighted by Crippen LogP contribution is -2.27. The molecule has 0 unspecified atom stereocenters. The maximum Gasteiger partial charge on any atom is 0.257 e. The Bertz CT molecular complexity index is 997. The minimum Gasteiger partial charge on any atom is -0.326 e. The van der Waals surface area contributed by atoms with Crippen molar-refractivity contribution in [2.24, 2.45) is 5.41 Å². The molecular formula is C21H22N4O2S2. The van der Waals surface area contributed by atoms with Gasteiger partial charge >= 0.3 is 0 Å². The number of hydrogen-bond acceptors (Lipinski definition) is 6. The van der Waals surface area contributed by atoms with Crippen molar-refractivity contribution in [3.63, 3.8) is 0 Å². The van der Waals surface area contributed by atoms with Crippen molar-refractivity contribution in [3.05, 3.63) is 65.7 Å². The van der Waals surface area contributed by atoms with E-state index in [9.17, 15) is 9.59 Å². The summed E-state index contributed by atoms with van der Waals surface area (Å²) in [6.07, 6.45) is 0. The molecule has 0 radical (unpaired) electrons. The van der Waals surface area contributed by atoms with Gasteiger partial charge in [-0.1, -0.05) is 80.3 Å². The van der Waals surface area contributed by atoms with Crippen molar-refractivity contribution >= 4 is 45.7 Å². The molecule has 0 atom stereocenters. The summed E-state index contributed by atoms with van der Waals surface area (Å²) in [6, 6.07) is 16.9. The largest absolute Gasteiger partial charge is 0.326 e. The van der Waals surface area contributed by atoms with Crippen LogP contribution < -0.4 is 10.6 Å². The molecule has 0 fully saturated rings. The third-order valence-corrected chi connectivity index (χ3v) is 5.94. The molecule has 2 amide bonds. The van der Waals surface area contributed by atoms with Gasteiger partial charge in [-0.25, -0.2) is 0 Å². The maximum absolute atomic E-state index is 12.5. The second-order valence-corrected chi connectivity index (χ2v) is 9.59. The summed E-state index contributed by atoms with van der Waals surface area (Å²) in [5, 5.41) is 14.2. The molecule has 0 saturated carbocycles. The molecule has 6 nitrogen and oxygen atoms in total. The minimum absolute atomic E-state index is 0.112. The summed E-state index contributed by atoms with van der Waals surface area (Å²) in [6.45, 7) is 5.51. The van der Waals surface area contributed by atoms with Crippen LogP contribution in [0.3, 0.4) is 0 Å². The Hall–Kier alpha value is -2.71. The highest BCUT2D eigenvalue weighted by atomic mass is 32.2. The van der Waals surface area contributed by atoms with Crippen molar-refractivity contribution in [2.75, 3.05) is 10.6 Å². The summed E-state index contributed by atoms with van der Waals surface area (Å²) in [4.78, 5) is 24.7. The lowest BCUT2D eigenvalue weighted by Gasteiger charge is -2.17. The van der Waals surface area contributed by atoms with Crippen LogP contribution in [-0.4, -0.2) is 22.0 Å². The highest BCUT2D eigenvalue weighted by molar-refractivity contribution is 8.00. The molecule has 0 bridgehead atoms. The Balaban J connectivity index is 1.60. The normalized spacial score (nSPS) is 11.1. The predicted molar refractivity (Wildman–Crippen MR) is 118 cm³/mol. The maximum atomic E-state index is 12.5. The Morgan fingerprint density at radius 2 is 1.76 bits per heavy atom. The standard InChI is InChI=1S/C21H22N4O2S2/c1-21(2,3)18(27)22-16-11-7-10-15(12-16)17(26)23-19-24-25-20(29-19)28-13-14-8-5-4-6-9-14/h4-12H,13H2,1-3H3,(H,22,27)(H,23,24,26). The minimum atomic E-state index is -0.515. The number of hydrogen-bond donors (Lipinski definition) is 2. The van der Waals surface area contributed by atoms with Gasteiger partial charge in [-0.3, -0.25) is 14.9 Å². The van der Waals surface area contributed by atoms with Gasteiger partial charge in [0.1, 0.15) is 0 Å². The molecular weight excluding hydrogens is 404 g/mol. The van der Waals surface area contributed by atoms with Crippen LogP contribution in [0, 0.1) is 5.41 Å². The van der Waals surface area contributed by atoms with E-state index in [0.717, 1.165) is 10.1 Å². The van der Waals surface area contributed by atoms with Crippen LogP contribution in [0.5, 0.6) is 0 Å². The first-order valence-corrected chi connectivity index (χ1v) is 10.8.